The van der Waals surface area contributed by atoms with Gasteiger partial charge in [-0.2, -0.15) is 0 Å². The van der Waals surface area contributed by atoms with Gasteiger partial charge in [-0.05, 0) is 25.5 Å². The second kappa shape index (κ2) is 4.77. The number of hydrogen-bond acceptors (Lipinski definition) is 2. The number of aliphatic carboxylic acids is 1. The van der Waals surface area contributed by atoms with Gasteiger partial charge in [-0.3, -0.25) is 4.79 Å². The highest BCUT2D eigenvalue weighted by Crippen LogP contribution is 2.20. The van der Waals surface area contributed by atoms with Gasteiger partial charge in [-0.1, -0.05) is 12.1 Å². The second-order valence-electron chi connectivity index (χ2n) is 3.57. The predicted molar refractivity (Wildman–Crippen MR) is 56.5 cm³/mol. The fraction of sp³-hybridized carbons (Fsp3) is 0.364. The molecule has 0 heterocycles. The van der Waals surface area contributed by atoms with E-state index in [9.17, 15) is 9.18 Å². The summed E-state index contributed by atoms with van der Waals surface area (Å²) in [5.74, 6) is -1.25. The standard InChI is InChI=1S/C11H14FNO2/c1-7-4-3-5-9(12)11(7)13-8(2)6-10(14)15/h3-5,8,13H,6H2,1-2H3,(H,14,15). The first-order valence-corrected chi connectivity index (χ1v) is 4.74. The van der Waals surface area contributed by atoms with Crippen LogP contribution < -0.4 is 5.32 Å². The van der Waals surface area contributed by atoms with Crippen LogP contribution >= 0.6 is 0 Å². The molecule has 3 nitrogen and oxygen atoms in total. The molecule has 0 aromatic heterocycles. The zero-order chi connectivity index (χ0) is 11.4. The lowest BCUT2D eigenvalue weighted by Crippen LogP contribution is -2.20. The number of nitrogens with one attached hydrogen (secondary N) is 1. The van der Waals surface area contributed by atoms with E-state index in [0.29, 0.717) is 5.69 Å². The lowest BCUT2D eigenvalue weighted by molar-refractivity contribution is -0.137. The van der Waals surface area contributed by atoms with Crippen LogP contribution in [0.1, 0.15) is 18.9 Å². The number of aryl methyl sites for hydroxylation is 1. The maximum Gasteiger partial charge on any atom is 0.305 e. The Labute approximate surface area is 87.9 Å². The number of benzene rings is 1. The first-order valence-electron chi connectivity index (χ1n) is 4.74. The van der Waals surface area contributed by atoms with E-state index >= 15 is 0 Å². The maximum atomic E-state index is 13.3. The van der Waals surface area contributed by atoms with Gasteiger partial charge in [0.15, 0.2) is 0 Å². The summed E-state index contributed by atoms with van der Waals surface area (Å²) in [5, 5.41) is 11.4. The fourth-order valence-corrected chi connectivity index (χ4v) is 1.37. The van der Waals surface area contributed by atoms with E-state index in [1.54, 1.807) is 26.0 Å². The minimum absolute atomic E-state index is 0.0340. The number of anilines is 1. The lowest BCUT2D eigenvalue weighted by Gasteiger charge is -2.15. The van der Waals surface area contributed by atoms with Crippen LogP contribution in [0.4, 0.5) is 10.1 Å². The van der Waals surface area contributed by atoms with E-state index in [4.69, 9.17) is 5.11 Å². The minimum atomic E-state index is -0.899. The molecule has 1 aromatic carbocycles. The van der Waals surface area contributed by atoms with Crippen LogP contribution in [0.15, 0.2) is 18.2 Å². The molecule has 1 unspecified atom stereocenters. The highest BCUT2D eigenvalue weighted by Gasteiger charge is 2.11. The zero-order valence-electron chi connectivity index (χ0n) is 8.75. The van der Waals surface area contributed by atoms with Gasteiger partial charge in [-0.25, -0.2) is 4.39 Å². The number of para-hydroxylation sites is 1. The molecule has 0 saturated heterocycles. The van der Waals surface area contributed by atoms with Crippen LogP contribution in [0.3, 0.4) is 0 Å². The van der Waals surface area contributed by atoms with Crippen LogP contribution in [0.2, 0.25) is 0 Å². The summed E-state index contributed by atoms with van der Waals surface area (Å²) < 4.78 is 13.3. The van der Waals surface area contributed by atoms with Crippen molar-refractivity contribution >= 4 is 11.7 Å². The van der Waals surface area contributed by atoms with E-state index in [1.807, 2.05) is 0 Å². The van der Waals surface area contributed by atoms with E-state index in [2.05, 4.69) is 5.32 Å². The Kier molecular flexibility index (Phi) is 3.66. The smallest absolute Gasteiger partial charge is 0.305 e. The summed E-state index contributed by atoms with van der Waals surface area (Å²) in [7, 11) is 0. The van der Waals surface area contributed by atoms with Gasteiger partial charge in [0.25, 0.3) is 0 Å². The number of hydrogen-bond donors (Lipinski definition) is 2. The van der Waals surface area contributed by atoms with Gasteiger partial charge >= 0.3 is 5.97 Å². The van der Waals surface area contributed by atoms with Crippen molar-refractivity contribution in [3.63, 3.8) is 0 Å². The van der Waals surface area contributed by atoms with Crippen LogP contribution in [0.5, 0.6) is 0 Å². The summed E-state index contributed by atoms with van der Waals surface area (Å²) >= 11 is 0. The summed E-state index contributed by atoms with van der Waals surface area (Å²) in [6, 6.07) is 4.46. The van der Waals surface area contributed by atoms with Crippen molar-refractivity contribution in [2.75, 3.05) is 5.32 Å². The molecule has 0 amide bonds. The molecular formula is C11H14FNO2. The van der Waals surface area contributed by atoms with Crippen molar-refractivity contribution in [3.05, 3.63) is 29.6 Å². The molecule has 0 aliphatic heterocycles. The Hall–Kier alpha value is -1.58. The molecule has 2 N–H and O–H groups in total. The van der Waals surface area contributed by atoms with E-state index in [-0.39, 0.29) is 18.3 Å². The Morgan fingerprint density at radius 1 is 1.60 bits per heavy atom. The predicted octanol–water partition coefficient (Wildman–Crippen LogP) is 2.41. The Morgan fingerprint density at radius 3 is 2.80 bits per heavy atom. The molecule has 1 atom stereocenters. The molecule has 0 bridgehead atoms. The van der Waals surface area contributed by atoms with Crippen molar-refractivity contribution in [1.82, 2.24) is 0 Å². The molecule has 0 radical (unpaired) electrons. The maximum absolute atomic E-state index is 13.3. The zero-order valence-corrected chi connectivity index (χ0v) is 8.75. The molecule has 0 spiro atoms. The van der Waals surface area contributed by atoms with E-state index in [1.165, 1.54) is 6.07 Å². The second-order valence-corrected chi connectivity index (χ2v) is 3.57. The Morgan fingerprint density at radius 2 is 2.27 bits per heavy atom. The van der Waals surface area contributed by atoms with Gasteiger partial charge in [0.2, 0.25) is 0 Å². The SMILES string of the molecule is Cc1cccc(F)c1NC(C)CC(=O)O. The first kappa shape index (κ1) is 11.5. The monoisotopic (exact) mass is 211 g/mol. The van der Waals surface area contributed by atoms with Crippen molar-refractivity contribution in [3.8, 4) is 0 Å². The molecule has 0 fully saturated rings. The third-order valence-electron chi connectivity index (χ3n) is 2.09. The lowest BCUT2D eigenvalue weighted by atomic mass is 10.1. The molecule has 0 saturated carbocycles. The van der Waals surface area contributed by atoms with Crippen LogP contribution in [0.25, 0.3) is 0 Å². The number of rotatable bonds is 4. The van der Waals surface area contributed by atoms with Gasteiger partial charge in [-0.15, -0.1) is 0 Å². The number of carbonyl (C=O) groups is 1. The molecule has 15 heavy (non-hydrogen) atoms. The van der Waals surface area contributed by atoms with E-state index < -0.39 is 5.97 Å². The first-order chi connectivity index (χ1) is 7.00. The van der Waals surface area contributed by atoms with Gasteiger partial charge in [0, 0.05) is 6.04 Å². The molecule has 0 aliphatic rings. The van der Waals surface area contributed by atoms with Crippen LogP contribution in [-0.2, 0) is 4.79 Å². The quantitative estimate of drug-likeness (QED) is 0.804. The van der Waals surface area contributed by atoms with Crippen molar-refractivity contribution in [1.29, 1.82) is 0 Å². The number of carboxylic acid groups (broad SMARTS) is 1. The average Bonchev–Trinajstić information content (AvgIpc) is 2.10. The topological polar surface area (TPSA) is 49.3 Å². The minimum Gasteiger partial charge on any atom is -0.481 e. The highest BCUT2D eigenvalue weighted by atomic mass is 19.1. The average molecular weight is 211 g/mol. The highest BCUT2D eigenvalue weighted by molar-refractivity contribution is 5.68. The fourth-order valence-electron chi connectivity index (χ4n) is 1.37. The molecular weight excluding hydrogens is 197 g/mol. The van der Waals surface area contributed by atoms with Gasteiger partial charge in [0.05, 0.1) is 12.1 Å². The van der Waals surface area contributed by atoms with E-state index in [0.717, 1.165) is 5.56 Å². The van der Waals surface area contributed by atoms with Crippen molar-refractivity contribution < 1.29 is 14.3 Å². The third kappa shape index (κ3) is 3.23. The molecule has 82 valence electrons. The molecule has 4 heteroatoms. The Bertz CT molecular complexity index is 345. The third-order valence-corrected chi connectivity index (χ3v) is 2.09. The van der Waals surface area contributed by atoms with Crippen molar-refractivity contribution in [2.45, 2.75) is 26.3 Å². The summed E-state index contributed by atoms with van der Waals surface area (Å²) in [6.07, 6.45) is -0.0340. The Balaban J connectivity index is 2.76. The van der Waals surface area contributed by atoms with Crippen molar-refractivity contribution in [2.24, 2.45) is 0 Å². The normalized spacial score (nSPS) is 12.2. The largest absolute Gasteiger partial charge is 0.481 e. The summed E-state index contributed by atoms with van der Waals surface area (Å²) in [5.41, 5.74) is 1.15. The molecule has 0 aliphatic carbocycles. The number of carboxylic acids is 1. The van der Waals surface area contributed by atoms with Crippen LogP contribution in [0, 0.1) is 12.7 Å². The van der Waals surface area contributed by atoms with Crippen LogP contribution in [-0.4, -0.2) is 17.1 Å². The summed E-state index contributed by atoms with van der Waals surface area (Å²) in [4.78, 5) is 10.4. The molecule has 1 rings (SSSR count). The van der Waals surface area contributed by atoms with Gasteiger partial charge in [0.1, 0.15) is 5.82 Å². The molecule has 1 aromatic rings. The van der Waals surface area contributed by atoms with Gasteiger partial charge < -0.3 is 10.4 Å². The summed E-state index contributed by atoms with van der Waals surface area (Å²) in [6.45, 7) is 3.49. The number of halogens is 1.